The van der Waals surface area contributed by atoms with Crippen LogP contribution in [0.25, 0.3) is 11.1 Å². The Labute approximate surface area is 108 Å². The van der Waals surface area contributed by atoms with Gasteiger partial charge in [-0.15, -0.1) is 0 Å². The Hall–Kier alpha value is -2.35. The molecule has 0 spiro atoms. The van der Waals surface area contributed by atoms with E-state index >= 15 is 0 Å². The highest BCUT2D eigenvalue weighted by Crippen LogP contribution is 2.30. The standard InChI is InChI=1S/C14H9F3N2/c1-9-2-3-10(7-18)12(6-9)11-4-5-13(19-8-11)14(15,16)17/h2-6,8H,1H3. The molecule has 0 aliphatic heterocycles. The van der Waals surface area contributed by atoms with Gasteiger partial charge in [0.05, 0.1) is 11.6 Å². The summed E-state index contributed by atoms with van der Waals surface area (Å²) in [6.45, 7) is 1.85. The summed E-state index contributed by atoms with van der Waals surface area (Å²) in [4.78, 5) is 3.40. The number of hydrogen-bond acceptors (Lipinski definition) is 2. The zero-order chi connectivity index (χ0) is 14.0. The molecule has 0 fully saturated rings. The van der Waals surface area contributed by atoms with Crippen molar-refractivity contribution in [3.05, 3.63) is 53.3 Å². The highest BCUT2D eigenvalue weighted by Gasteiger charge is 2.32. The molecule has 0 saturated carbocycles. The summed E-state index contributed by atoms with van der Waals surface area (Å²) in [6.07, 6.45) is -3.32. The van der Waals surface area contributed by atoms with Gasteiger partial charge in [-0.1, -0.05) is 23.8 Å². The van der Waals surface area contributed by atoms with Crippen molar-refractivity contribution in [2.24, 2.45) is 0 Å². The van der Waals surface area contributed by atoms with E-state index in [0.717, 1.165) is 17.8 Å². The van der Waals surface area contributed by atoms with Crippen LogP contribution in [-0.4, -0.2) is 4.98 Å². The lowest BCUT2D eigenvalue weighted by molar-refractivity contribution is -0.141. The average Bonchev–Trinajstić information content (AvgIpc) is 2.38. The van der Waals surface area contributed by atoms with Crippen molar-refractivity contribution in [1.29, 1.82) is 5.26 Å². The molecule has 0 saturated heterocycles. The molecular weight excluding hydrogens is 253 g/mol. The maximum atomic E-state index is 12.4. The van der Waals surface area contributed by atoms with E-state index < -0.39 is 11.9 Å². The molecule has 96 valence electrons. The second kappa shape index (κ2) is 4.73. The van der Waals surface area contributed by atoms with Crippen LogP contribution in [-0.2, 0) is 6.18 Å². The summed E-state index contributed by atoms with van der Waals surface area (Å²) in [7, 11) is 0. The number of alkyl halides is 3. The lowest BCUT2D eigenvalue weighted by atomic mass is 9.99. The number of rotatable bonds is 1. The Kier molecular flexibility index (Phi) is 3.26. The van der Waals surface area contributed by atoms with Crippen LogP contribution in [0, 0.1) is 18.3 Å². The predicted octanol–water partition coefficient (Wildman–Crippen LogP) is 3.95. The quantitative estimate of drug-likeness (QED) is 0.780. The largest absolute Gasteiger partial charge is 0.433 e. The van der Waals surface area contributed by atoms with Crippen molar-refractivity contribution >= 4 is 0 Å². The second-order valence-electron chi connectivity index (χ2n) is 4.09. The molecule has 0 atom stereocenters. The summed E-state index contributed by atoms with van der Waals surface area (Å²) in [5, 5.41) is 9.00. The third-order valence-electron chi connectivity index (χ3n) is 2.66. The van der Waals surface area contributed by atoms with Gasteiger partial charge in [0.25, 0.3) is 0 Å². The Morgan fingerprint density at radius 2 is 1.89 bits per heavy atom. The van der Waals surface area contributed by atoms with Crippen molar-refractivity contribution in [3.63, 3.8) is 0 Å². The summed E-state index contributed by atoms with van der Waals surface area (Å²) in [5.41, 5.74) is 1.47. The van der Waals surface area contributed by atoms with Crippen molar-refractivity contribution < 1.29 is 13.2 Å². The first kappa shape index (κ1) is 13.1. The minimum Gasteiger partial charge on any atom is -0.251 e. The number of benzene rings is 1. The highest BCUT2D eigenvalue weighted by molar-refractivity contribution is 5.70. The molecule has 2 rings (SSSR count). The Morgan fingerprint density at radius 3 is 2.42 bits per heavy atom. The van der Waals surface area contributed by atoms with Crippen LogP contribution >= 0.6 is 0 Å². The number of aryl methyl sites for hydroxylation is 1. The predicted molar refractivity (Wildman–Crippen MR) is 64.1 cm³/mol. The summed E-state index contributed by atoms with van der Waals surface area (Å²) in [6, 6.07) is 9.43. The molecule has 1 aromatic carbocycles. The van der Waals surface area contributed by atoms with Gasteiger partial charge in [-0.25, -0.2) is 0 Å². The Bertz CT molecular complexity index is 637. The first-order valence-corrected chi connectivity index (χ1v) is 5.46. The molecule has 5 heteroatoms. The second-order valence-corrected chi connectivity index (χ2v) is 4.09. The molecule has 2 aromatic rings. The van der Waals surface area contributed by atoms with E-state index in [4.69, 9.17) is 5.26 Å². The van der Waals surface area contributed by atoms with Crippen LogP contribution < -0.4 is 0 Å². The van der Waals surface area contributed by atoms with E-state index in [2.05, 4.69) is 4.98 Å². The van der Waals surface area contributed by atoms with Crippen molar-refractivity contribution in [3.8, 4) is 17.2 Å². The zero-order valence-corrected chi connectivity index (χ0v) is 9.99. The highest BCUT2D eigenvalue weighted by atomic mass is 19.4. The lowest BCUT2D eigenvalue weighted by Gasteiger charge is -2.08. The molecule has 0 aliphatic rings. The van der Waals surface area contributed by atoms with E-state index in [1.165, 1.54) is 6.07 Å². The number of halogens is 3. The fourth-order valence-electron chi connectivity index (χ4n) is 1.72. The first-order chi connectivity index (χ1) is 8.91. The first-order valence-electron chi connectivity index (χ1n) is 5.46. The van der Waals surface area contributed by atoms with Gasteiger partial charge in [-0.3, -0.25) is 4.98 Å². The van der Waals surface area contributed by atoms with E-state index in [-0.39, 0.29) is 0 Å². The smallest absolute Gasteiger partial charge is 0.251 e. The van der Waals surface area contributed by atoms with Gasteiger partial charge in [0.1, 0.15) is 5.69 Å². The number of nitriles is 1. The molecular formula is C14H9F3N2. The normalized spacial score (nSPS) is 11.1. The van der Waals surface area contributed by atoms with Gasteiger partial charge in [0.2, 0.25) is 0 Å². The van der Waals surface area contributed by atoms with Crippen LogP contribution in [0.2, 0.25) is 0 Å². The van der Waals surface area contributed by atoms with Crippen LogP contribution in [0.15, 0.2) is 36.5 Å². The van der Waals surface area contributed by atoms with Gasteiger partial charge in [0.15, 0.2) is 0 Å². The van der Waals surface area contributed by atoms with Crippen LogP contribution in [0.4, 0.5) is 13.2 Å². The number of pyridine rings is 1. The Balaban J connectivity index is 2.49. The van der Waals surface area contributed by atoms with Gasteiger partial charge in [-0.2, -0.15) is 18.4 Å². The third-order valence-corrected chi connectivity index (χ3v) is 2.66. The van der Waals surface area contributed by atoms with E-state index in [0.29, 0.717) is 16.7 Å². The third kappa shape index (κ3) is 2.74. The molecule has 0 N–H and O–H groups in total. The molecule has 0 radical (unpaired) electrons. The molecule has 19 heavy (non-hydrogen) atoms. The number of aromatic nitrogens is 1. The van der Waals surface area contributed by atoms with E-state index in [9.17, 15) is 13.2 Å². The van der Waals surface area contributed by atoms with Crippen LogP contribution in [0.5, 0.6) is 0 Å². The number of hydrogen-bond donors (Lipinski definition) is 0. The zero-order valence-electron chi connectivity index (χ0n) is 9.99. The van der Waals surface area contributed by atoms with Gasteiger partial charge in [0, 0.05) is 17.3 Å². The maximum absolute atomic E-state index is 12.4. The van der Waals surface area contributed by atoms with E-state index in [1.807, 2.05) is 13.0 Å². The molecule has 0 aliphatic carbocycles. The van der Waals surface area contributed by atoms with Gasteiger partial charge < -0.3 is 0 Å². The molecule has 0 unspecified atom stereocenters. The summed E-state index contributed by atoms with van der Waals surface area (Å²) < 4.78 is 37.3. The average molecular weight is 262 g/mol. The SMILES string of the molecule is Cc1ccc(C#N)c(-c2ccc(C(F)(F)F)nc2)c1. The van der Waals surface area contributed by atoms with Crippen LogP contribution in [0.1, 0.15) is 16.8 Å². The van der Waals surface area contributed by atoms with Crippen molar-refractivity contribution in [2.45, 2.75) is 13.1 Å². The molecule has 0 bridgehead atoms. The van der Waals surface area contributed by atoms with Gasteiger partial charge >= 0.3 is 6.18 Å². The molecule has 1 aromatic heterocycles. The lowest BCUT2D eigenvalue weighted by Crippen LogP contribution is -2.07. The number of nitrogens with zero attached hydrogens (tertiary/aromatic N) is 2. The van der Waals surface area contributed by atoms with Crippen molar-refractivity contribution in [2.75, 3.05) is 0 Å². The summed E-state index contributed by atoms with van der Waals surface area (Å²) >= 11 is 0. The molecule has 1 heterocycles. The topological polar surface area (TPSA) is 36.7 Å². The van der Waals surface area contributed by atoms with Crippen molar-refractivity contribution in [1.82, 2.24) is 4.98 Å². The Morgan fingerprint density at radius 1 is 1.16 bits per heavy atom. The molecule has 2 nitrogen and oxygen atoms in total. The van der Waals surface area contributed by atoms with Gasteiger partial charge in [-0.05, 0) is 19.1 Å². The molecule has 0 amide bonds. The maximum Gasteiger partial charge on any atom is 0.433 e. The van der Waals surface area contributed by atoms with Crippen LogP contribution in [0.3, 0.4) is 0 Å². The monoisotopic (exact) mass is 262 g/mol. The summed E-state index contributed by atoms with van der Waals surface area (Å²) in [5.74, 6) is 0. The fraction of sp³-hybridized carbons (Fsp3) is 0.143. The minimum atomic E-state index is -4.46. The minimum absolute atomic E-state index is 0.409. The van der Waals surface area contributed by atoms with E-state index in [1.54, 1.807) is 18.2 Å². The fourth-order valence-corrected chi connectivity index (χ4v) is 1.72.